The Morgan fingerprint density at radius 1 is 1.16 bits per heavy atom. The molecule has 4 N–H and O–H groups in total. The third kappa shape index (κ3) is 3.76. The molecule has 0 saturated carbocycles. The molecule has 0 bridgehead atoms. The number of aromatic nitrogens is 4. The predicted octanol–water partition coefficient (Wildman–Crippen LogP) is 3.19. The summed E-state index contributed by atoms with van der Waals surface area (Å²) in [5, 5.41) is 7.04. The smallest absolute Gasteiger partial charge is 0.227 e. The Hall–Kier alpha value is -3.56. The minimum absolute atomic E-state index is 0.400. The molecule has 9 nitrogen and oxygen atoms in total. The summed E-state index contributed by atoms with van der Waals surface area (Å²) in [7, 11) is 1.65. The number of hydrogen-bond donors (Lipinski definition) is 3. The maximum Gasteiger partial charge on any atom is 0.227 e. The highest BCUT2D eigenvalue weighted by atomic mass is 35.5. The zero-order chi connectivity index (χ0) is 22.1. The molecule has 4 heterocycles. The number of nitrogens with one attached hydrogen (secondary N) is 2. The number of piperazine rings is 1. The monoisotopic (exact) mass is 450 g/mol. The summed E-state index contributed by atoms with van der Waals surface area (Å²) in [5.74, 6) is 1.11. The van der Waals surface area contributed by atoms with E-state index in [0.29, 0.717) is 33.7 Å². The quantitative estimate of drug-likeness (QED) is 0.425. The number of nitrogen functional groups attached to an aromatic ring is 1. The van der Waals surface area contributed by atoms with Crippen molar-refractivity contribution in [3.05, 3.63) is 53.9 Å². The van der Waals surface area contributed by atoms with Crippen molar-refractivity contribution in [1.82, 2.24) is 24.7 Å². The van der Waals surface area contributed by atoms with E-state index in [2.05, 4.69) is 36.6 Å². The molecule has 0 spiro atoms. The largest absolute Gasteiger partial charge is 0.494 e. The van der Waals surface area contributed by atoms with Crippen LogP contribution in [0, 0.1) is 0 Å². The molecule has 3 aromatic heterocycles. The van der Waals surface area contributed by atoms with Crippen molar-refractivity contribution < 1.29 is 4.74 Å². The van der Waals surface area contributed by atoms with Gasteiger partial charge in [-0.05, 0) is 24.3 Å². The number of imidazole rings is 1. The van der Waals surface area contributed by atoms with Crippen LogP contribution in [0.25, 0.3) is 17.0 Å². The molecular formula is C22H23ClN8O. The third-order valence-electron chi connectivity index (χ3n) is 5.47. The predicted molar refractivity (Wildman–Crippen MR) is 127 cm³/mol. The maximum absolute atomic E-state index is 6.44. The molecule has 10 heteroatoms. The van der Waals surface area contributed by atoms with E-state index in [9.17, 15) is 0 Å². The van der Waals surface area contributed by atoms with Crippen molar-refractivity contribution in [2.45, 2.75) is 0 Å². The van der Waals surface area contributed by atoms with Crippen LogP contribution in [0.5, 0.6) is 5.75 Å². The summed E-state index contributed by atoms with van der Waals surface area (Å²) in [6.45, 7) is 3.87. The lowest BCUT2D eigenvalue weighted by molar-refractivity contribution is 0.416. The molecule has 1 aliphatic heterocycles. The molecular weight excluding hydrogens is 428 g/mol. The number of anilines is 4. The lowest BCUT2D eigenvalue weighted by Crippen LogP contribution is -2.43. The fraction of sp³-hybridized carbons (Fsp3) is 0.227. The molecule has 5 rings (SSSR count). The minimum atomic E-state index is 0.400. The molecule has 1 saturated heterocycles. The van der Waals surface area contributed by atoms with Crippen LogP contribution in [0.3, 0.4) is 0 Å². The summed E-state index contributed by atoms with van der Waals surface area (Å²) < 4.78 is 7.49. The number of hydrogen-bond acceptors (Lipinski definition) is 8. The molecule has 0 amide bonds. The second-order valence-corrected chi connectivity index (χ2v) is 7.84. The number of pyridine rings is 1. The molecule has 0 atom stereocenters. The number of halogens is 1. The van der Waals surface area contributed by atoms with Gasteiger partial charge >= 0.3 is 0 Å². The van der Waals surface area contributed by atoms with E-state index in [1.54, 1.807) is 25.6 Å². The van der Waals surface area contributed by atoms with E-state index in [1.165, 1.54) is 0 Å². The standard InChI is InChI=1S/C22H23ClN8O/c1-32-19-11-14(30-9-6-25-7-10-30)4-5-17(19)28-22-27-12-15(23)20(29-22)18-13-26-21-16(24)3-2-8-31(18)21/h2-5,8,11-13,25H,6-7,9-10,24H2,1H3,(H,27,28,29). The average Bonchev–Trinajstić information content (AvgIpc) is 3.26. The van der Waals surface area contributed by atoms with Crippen LogP contribution in [0.1, 0.15) is 0 Å². The van der Waals surface area contributed by atoms with Gasteiger partial charge in [0, 0.05) is 44.1 Å². The zero-order valence-corrected chi connectivity index (χ0v) is 18.3. The van der Waals surface area contributed by atoms with Crippen LogP contribution in [-0.2, 0) is 0 Å². The average molecular weight is 451 g/mol. The summed E-state index contributed by atoms with van der Waals surface area (Å²) in [6, 6.07) is 9.73. The van der Waals surface area contributed by atoms with E-state index in [1.807, 2.05) is 28.8 Å². The van der Waals surface area contributed by atoms with E-state index in [-0.39, 0.29) is 0 Å². The van der Waals surface area contributed by atoms with Crippen LogP contribution in [0.4, 0.5) is 23.0 Å². The first-order valence-electron chi connectivity index (χ1n) is 10.3. The van der Waals surface area contributed by atoms with Gasteiger partial charge in [0.1, 0.15) is 11.4 Å². The van der Waals surface area contributed by atoms with Gasteiger partial charge in [0.05, 0.1) is 41.6 Å². The first-order valence-corrected chi connectivity index (χ1v) is 10.7. The zero-order valence-electron chi connectivity index (χ0n) is 17.5. The van der Waals surface area contributed by atoms with Crippen LogP contribution >= 0.6 is 11.6 Å². The number of nitrogens with zero attached hydrogens (tertiary/aromatic N) is 5. The summed E-state index contributed by atoms with van der Waals surface area (Å²) in [4.78, 5) is 15.7. The molecule has 0 unspecified atom stereocenters. The summed E-state index contributed by atoms with van der Waals surface area (Å²) in [5.41, 5.74) is 10.4. The van der Waals surface area contributed by atoms with Crippen molar-refractivity contribution in [2.75, 3.05) is 49.2 Å². The SMILES string of the molecule is COc1cc(N2CCNCC2)ccc1Nc1ncc(Cl)c(-c2cnc3c(N)cccn23)n1. The highest BCUT2D eigenvalue weighted by Gasteiger charge is 2.16. The molecule has 1 fully saturated rings. The second-order valence-electron chi connectivity index (χ2n) is 7.44. The van der Waals surface area contributed by atoms with Crippen LogP contribution in [-0.4, -0.2) is 52.6 Å². The number of fused-ring (bicyclic) bond motifs is 1. The first-order chi connectivity index (χ1) is 15.6. The van der Waals surface area contributed by atoms with Gasteiger partial charge in [0.15, 0.2) is 5.65 Å². The lowest BCUT2D eigenvalue weighted by atomic mass is 10.2. The van der Waals surface area contributed by atoms with Crippen molar-refractivity contribution in [3.8, 4) is 17.1 Å². The molecule has 0 radical (unpaired) electrons. The number of nitrogens with two attached hydrogens (primary N) is 1. The van der Waals surface area contributed by atoms with Crippen molar-refractivity contribution in [2.24, 2.45) is 0 Å². The molecule has 32 heavy (non-hydrogen) atoms. The number of rotatable bonds is 5. The Bertz CT molecular complexity index is 1270. The van der Waals surface area contributed by atoms with Crippen LogP contribution in [0.15, 0.2) is 48.9 Å². The normalized spacial score (nSPS) is 14.0. The van der Waals surface area contributed by atoms with E-state index >= 15 is 0 Å². The lowest BCUT2D eigenvalue weighted by Gasteiger charge is -2.30. The van der Waals surface area contributed by atoms with Crippen molar-refractivity contribution in [1.29, 1.82) is 0 Å². The van der Waals surface area contributed by atoms with Gasteiger partial charge < -0.3 is 26.0 Å². The Labute approximate surface area is 190 Å². The fourth-order valence-electron chi connectivity index (χ4n) is 3.84. The Morgan fingerprint density at radius 3 is 2.81 bits per heavy atom. The summed E-state index contributed by atoms with van der Waals surface area (Å²) >= 11 is 6.44. The molecule has 1 aliphatic rings. The van der Waals surface area contributed by atoms with E-state index in [4.69, 9.17) is 22.1 Å². The number of methoxy groups -OCH3 is 1. The minimum Gasteiger partial charge on any atom is -0.494 e. The number of ether oxygens (including phenoxy) is 1. The van der Waals surface area contributed by atoms with Crippen LogP contribution < -0.4 is 26.0 Å². The Morgan fingerprint density at radius 2 is 2.00 bits per heavy atom. The first kappa shape index (κ1) is 20.3. The molecule has 1 aromatic carbocycles. The van der Waals surface area contributed by atoms with Gasteiger partial charge in [-0.1, -0.05) is 11.6 Å². The highest BCUT2D eigenvalue weighted by molar-refractivity contribution is 6.32. The van der Waals surface area contributed by atoms with E-state index in [0.717, 1.165) is 43.2 Å². The van der Waals surface area contributed by atoms with Crippen molar-refractivity contribution in [3.63, 3.8) is 0 Å². The van der Waals surface area contributed by atoms with Gasteiger partial charge in [-0.25, -0.2) is 15.0 Å². The van der Waals surface area contributed by atoms with Crippen molar-refractivity contribution >= 4 is 40.3 Å². The molecule has 0 aliphatic carbocycles. The third-order valence-corrected chi connectivity index (χ3v) is 5.74. The highest BCUT2D eigenvalue weighted by Crippen LogP contribution is 2.33. The Balaban J connectivity index is 1.47. The maximum atomic E-state index is 6.44. The second kappa shape index (κ2) is 8.52. The number of benzene rings is 1. The van der Waals surface area contributed by atoms with E-state index < -0.39 is 0 Å². The van der Waals surface area contributed by atoms with Gasteiger partial charge in [0.25, 0.3) is 0 Å². The fourth-order valence-corrected chi connectivity index (χ4v) is 4.03. The van der Waals surface area contributed by atoms with Gasteiger partial charge in [-0.15, -0.1) is 0 Å². The van der Waals surface area contributed by atoms with Crippen LogP contribution in [0.2, 0.25) is 5.02 Å². The van der Waals surface area contributed by atoms with Gasteiger partial charge in [-0.3, -0.25) is 4.40 Å². The Kier molecular flexibility index (Phi) is 5.42. The van der Waals surface area contributed by atoms with Gasteiger partial charge in [0.2, 0.25) is 5.95 Å². The molecule has 164 valence electrons. The topological polar surface area (TPSA) is 106 Å². The summed E-state index contributed by atoms with van der Waals surface area (Å²) in [6.07, 6.45) is 5.14. The van der Waals surface area contributed by atoms with Gasteiger partial charge in [-0.2, -0.15) is 0 Å². The molecule has 4 aromatic rings.